The third-order valence-electron chi connectivity index (χ3n) is 4.67. The highest BCUT2D eigenvalue weighted by Crippen LogP contribution is 2.37. The second-order valence-corrected chi connectivity index (χ2v) is 7.85. The van der Waals surface area contributed by atoms with Gasteiger partial charge in [-0.3, -0.25) is 4.79 Å². The maximum atomic E-state index is 13.0. The molecule has 0 aliphatic heterocycles. The van der Waals surface area contributed by atoms with E-state index in [0.717, 1.165) is 5.56 Å². The van der Waals surface area contributed by atoms with E-state index in [2.05, 4.69) is 0 Å². The molecule has 0 saturated carbocycles. The molecule has 0 amide bonds. The summed E-state index contributed by atoms with van der Waals surface area (Å²) >= 11 is 0. The van der Waals surface area contributed by atoms with Crippen LogP contribution in [-0.2, 0) is 16.6 Å². The Bertz CT molecular complexity index is 1110. The molecule has 29 heavy (non-hydrogen) atoms. The summed E-state index contributed by atoms with van der Waals surface area (Å²) in [5, 5.41) is 11.2. The number of fused-ring (bicyclic) bond motifs is 1. The van der Waals surface area contributed by atoms with Crippen LogP contribution in [0.15, 0.2) is 53.3 Å². The SMILES string of the molecule is COc1ccc(-c2c(C(OC(C)(C)C)C(=O)O)n(C)c(=O)c3ccccc23)cc1. The first-order valence-corrected chi connectivity index (χ1v) is 9.30. The van der Waals surface area contributed by atoms with Gasteiger partial charge < -0.3 is 19.1 Å². The highest BCUT2D eigenvalue weighted by Gasteiger charge is 2.32. The second-order valence-electron chi connectivity index (χ2n) is 7.85. The lowest BCUT2D eigenvalue weighted by molar-refractivity contribution is -0.161. The number of aromatic nitrogens is 1. The quantitative estimate of drug-likeness (QED) is 0.702. The van der Waals surface area contributed by atoms with Crippen LogP contribution in [-0.4, -0.2) is 28.4 Å². The number of hydrogen-bond acceptors (Lipinski definition) is 4. The molecule has 6 heteroatoms. The number of aliphatic carboxylic acids is 1. The molecule has 0 bridgehead atoms. The maximum Gasteiger partial charge on any atom is 0.339 e. The van der Waals surface area contributed by atoms with Crippen LogP contribution in [0.5, 0.6) is 5.75 Å². The first-order valence-electron chi connectivity index (χ1n) is 9.30. The van der Waals surface area contributed by atoms with Gasteiger partial charge in [-0.15, -0.1) is 0 Å². The smallest absolute Gasteiger partial charge is 0.339 e. The van der Waals surface area contributed by atoms with E-state index in [0.29, 0.717) is 27.8 Å². The first kappa shape index (κ1) is 20.6. The highest BCUT2D eigenvalue weighted by molar-refractivity contribution is 5.98. The van der Waals surface area contributed by atoms with E-state index >= 15 is 0 Å². The maximum absolute atomic E-state index is 13.0. The van der Waals surface area contributed by atoms with Crippen molar-refractivity contribution in [3.05, 3.63) is 64.6 Å². The zero-order chi connectivity index (χ0) is 21.3. The molecular weight excluding hydrogens is 370 g/mol. The van der Waals surface area contributed by atoms with Gasteiger partial charge in [0, 0.05) is 18.0 Å². The molecular formula is C23H25NO5. The predicted octanol–water partition coefficient (Wildman–Crippen LogP) is 4.15. The molecule has 0 radical (unpaired) electrons. The molecule has 1 atom stereocenters. The van der Waals surface area contributed by atoms with Crippen LogP contribution in [0.2, 0.25) is 0 Å². The molecule has 0 saturated heterocycles. The van der Waals surface area contributed by atoms with Gasteiger partial charge in [0.2, 0.25) is 0 Å². The third-order valence-corrected chi connectivity index (χ3v) is 4.67. The number of methoxy groups -OCH3 is 1. The molecule has 0 spiro atoms. The van der Waals surface area contributed by atoms with Crippen molar-refractivity contribution in [2.45, 2.75) is 32.5 Å². The second kappa shape index (κ2) is 7.72. The van der Waals surface area contributed by atoms with E-state index in [1.54, 1.807) is 59.2 Å². The summed E-state index contributed by atoms with van der Waals surface area (Å²) in [4.78, 5) is 25.2. The van der Waals surface area contributed by atoms with Crippen LogP contribution in [0, 0.1) is 0 Å². The lowest BCUT2D eigenvalue weighted by Crippen LogP contribution is -2.32. The number of rotatable bonds is 5. The number of carbonyl (C=O) groups is 1. The molecule has 3 aromatic rings. The Morgan fingerprint density at radius 3 is 2.14 bits per heavy atom. The number of carboxylic acid groups (broad SMARTS) is 1. The molecule has 3 rings (SSSR count). The van der Waals surface area contributed by atoms with E-state index in [-0.39, 0.29) is 5.56 Å². The molecule has 2 aromatic carbocycles. The van der Waals surface area contributed by atoms with Crippen LogP contribution < -0.4 is 10.3 Å². The fraction of sp³-hybridized carbons (Fsp3) is 0.304. The molecule has 6 nitrogen and oxygen atoms in total. The first-order chi connectivity index (χ1) is 13.6. The molecule has 0 aliphatic carbocycles. The minimum atomic E-state index is -1.31. The Morgan fingerprint density at radius 1 is 1.03 bits per heavy atom. The van der Waals surface area contributed by atoms with E-state index in [1.807, 2.05) is 24.3 Å². The zero-order valence-electron chi connectivity index (χ0n) is 17.2. The summed E-state index contributed by atoms with van der Waals surface area (Å²) in [6, 6.07) is 14.5. The summed E-state index contributed by atoms with van der Waals surface area (Å²) in [6.07, 6.45) is -1.31. The molecule has 1 unspecified atom stereocenters. The Morgan fingerprint density at radius 2 is 1.62 bits per heavy atom. The van der Waals surface area contributed by atoms with Crippen LogP contribution in [0.25, 0.3) is 21.9 Å². The molecule has 1 aromatic heterocycles. The summed E-state index contributed by atoms with van der Waals surface area (Å²) in [7, 11) is 3.17. The Hall–Kier alpha value is -3.12. The van der Waals surface area contributed by atoms with Gasteiger partial charge in [0.25, 0.3) is 5.56 Å². The topological polar surface area (TPSA) is 77.8 Å². The summed E-state index contributed by atoms with van der Waals surface area (Å²) < 4.78 is 12.5. The Kier molecular flexibility index (Phi) is 5.48. The predicted molar refractivity (Wildman–Crippen MR) is 112 cm³/mol. The highest BCUT2D eigenvalue weighted by atomic mass is 16.5. The van der Waals surface area contributed by atoms with Gasteiger partial charge in [-0.2, -0.15) is 0 Å². The number of nitrogens with zero attached hydrogens (tertiary/aromatic N) is 1. The summed E-state index contributed by atoms with van der Waals surface area (Å²) in [5.41, 5.74) is 0.748. The number of hydrogen-bond donors (Lipinski definition) is 1. The Balaban J connectivity index is 2.42. The van der Waals surface area contributed by atoms with Gasteiger partial charge in [-0.25, -0.2) is 4.79 Å². The van der Waals surface area contributed by atoms with Crippen molar-refractivity contribution >= 4 is 16.7 Å². The van der Waals surface area contributed by atoms with Crippen LogP contribution in [0.1, 0.15) is 32.6 Å². The largest absolute Gasteiger partial charge is 0.497 e. The van der Waals surface area contributed by atoms with Gasteiger partial charge in [-0.05, 0) is 49.9 Å². The normalized spacial score (nSPS) is 12.7. The minimum Gasteiger partial charge on any atom is -0.497 e. The average molecular weight is 395 g/mol. The van der Waals surface area contributed by atoms with Crippen molar-refractivity contribution in [2.75, 3.05) is 7.11 Å². The lowest BCUT2D eigenvalue weighted by Gasteiger charge is -2.28. The Labute approximate surface area is 169 Å². The fourth-order valence-corrected chi connectivity index (χ4v) is 3.43. The van der Waals surface area contributed by atoms with E-state index in [4.69, 9.17) is 9.47 Å². The van der Waals surface area contributed by atoms with Crippen LogP contribution in [0.4, 0.5) is 0 Å². The van der Waals surface area contributed by atoms with E-state index in [1.165, 1.54) is 4.57 Å². The minimum absolute atomic E-state index is 0.267. The summed E-state index contributed by atoms with van der Waals surface area (Å²) in [6.45, 7) is 5.36. The number of carboxylic acids is 1. The van der Waals surface area contributed by atoms with Crippen molar-refractivity contribution in [1.82, 2.24) is 4.57 Å². The van der Waals surface area contributed by atoms with E-state index in [9.17, 15) is 14.7 Å². The molecule has 1 heterocycles. The van der Waals surface area contributed by atoms with Gasteiger partial charge in [0.1, 0.15) is 5.75 Å². The standard InChI is InChI=1S/C23H25NO5/c1-23(2,3)29-20(22(26)27)19-18(14-10-12-15(28-5)13-11-14)16-8-6-7-9-17(16)21(25)24(19)4/h6-13,20H,1-5H3,(H,26,27). The van der Waals surface area contributed by atoms with Crippen molar-refractivity contribution in [3.8, 4) is 16.9 Å². The molecule has 152 valence electrons. The molecule has 0 aliphatic rings. The number of pyridine rings is 1. The molecule has 1 N–H and O–H groups in total. The van der Waals surface area contributed by atoms with Crippen LogP contribution in [0.3, 0.4) is 0 Å². The van der Waals surface area contributed by atoms with Crippen molar-refractivity contribution < 1.29 is 19.4 Å². The number of benzene rings is 2. The van der Waals surface area contributed by atoms with Gasteiger partial charge in [0.05, 0.1) is 18.4 Å². The van der Waals surface area contributed by atoms with E-state index < -0.39 is 17.7 Å². The summed E-state index contributed by atoms with van der Waals surface area (Å²) in [5.74, 6) is -0.467. The van der Waals surface area contributed by atoms with Crippen molar-refractivity contribution in [2.24, 2.45) is 7.05 Å². The van der Waals surface area contributed by atoms with Gasteiger partial charge in [-0.1, -0.05) is 30.3 Å². The lowest BCUT2D eigenvalue weighted by atomic mass is 9.94. The fourth-order valence-electron chi connectivity index (χ4n) is 3.43. The molecule has 0 fully saturated rings. The average Bonchev–Trinajstić information content (AvgIpc) is 2.68. The van der Waals surface area contributed by atoms with Crippen molar-refractivity contribution in [3.63, 3.8) is 0 Å². The third kappa shape index (κ3) is 4.03. The van der Waals surface area contributed by atoms with Crippen molar-refractivity contribution in [1.29, 1.82) is 0 Å². The monoisotopic (exact) mass is 395 g/mol. The van der Waals surface area contributed by atoms with Crippen LogP contribution >= 0.6 is 0 Å². The number of ether oxygens (including phenoxy) is 2. The van der Waals surface area contributed by atoms with Gasteiger partial charge >= 0.3 is 5.97 Å². The van der Waals surface area contributed by atoms with Gasteiger partial charge in [0.15, 0.2) is 6.10 Å². The zero-order valence-corrected chi connectivity index (χ0v) is 17.2.